The number of aromatic nitrogens is 1. The molecule has 148 valence electrons. The lowest BCUT2D eigenvalue weighted by molar-refractivity contribution is -0.384. The fraction of sp³-hybridized carbons (Fsp3) is 0. The Labute approximate surface area is 180 Å². The van der Waals surface area contributed by atoms with Gasteiger partial charge in [-0.15, -0.1) is 11.3 Å². The standard InChI is InChI=1S/C22H14ClN3O3S/c23-18-11-10-17(12-20(18)26(28)29)21(27)25-22-24-19(13-30-22)16-8-6-15(7-9-16)14-4-2-1-3-5-14/h1-13H,(H,24,25,27). The molecule has 8 heteroatoms. The summed E-state index contributed by atoms with van der Waals surface area (Å²) in [6, 6.07) is 22.0. The maximum Gasteiger partial charge on any atom is 0.288 e. The Hall–Kier alpha value is -3.55. The van der Waals surface area contributed by atoms with Crippen LogP contribution in [0.2, 0.25) is 5.02 Å². The summed E-state index contributed by atoms with van der Waals surface area (Å²) in [6.07, 6.45) is 0. The molecule has 0 aliphatic heterocycles. The largest absolute Gasteiger partial charge is 0.298 e. The number of nitro benzene ring substituents is 1. The maximum absolute atomic E-state index is 12.4. The first-order chi connectivity index (χ1) is 14.5. The molecule has 0 aliphatic rings. The van der Waals surface area contributed by atoms with Crippen LogP contribution in [0, 0.1) is 10.1 Å². The first-order valence-electron chi connectivity index (χ1n) is 8.88. The van der Waals surface area contributed by atoms with Crippen LogP contribution in [-0.2, 0) is 0 Å². The number of benzene rings is 3. The van der Waals surface area contributed by atoms with E-state index in [0.29, 0.717) is 5.13 Å². The fourth-order valence-corrected chi connectivity index (χ4v) is 3.79. The van der Waals surface area contributed by atoms with Crippen LogP contribution in [0.5, 0.6) is 0 Å². The van der Waals surface area contributed by atoms with Crippen molar-refractivity contribution < 1.29 is 9.72 Å². The summed E-state index contributed by atoms with van der Waals surface area (Å²) in [4.78, 5) is 27.3. The van der Waals surface area contributed by atoms with E-state index in [0.717, 1.165) is 28.5 Å². The fourth-order valence-electron chi connectivity index (χ4n) is 2.89. The van der Waals surface area contributed by atoms with Gasteiger partial charge in [-0.25, -0.2) is 4.98 Å². The highest BCUT2D eigenvalue weighted by Gasteiger charge is 2.17. The highest BCUT2D eigenvalue weighted by molar-refractivity contribution is 7.14. The van der Waals surface area contributed by atoms with Gasteiger partial charge in [-0.1, -0.05) is 66.2 Å². The normalized spacial score (nSPS) is 10.6. The van der Waals surface area contributed by atoms with Crippen LogP contribution in [0.25, 0.3) is 22.4 Å². The molecule has 4 rings (SSSR count). The van der Waals surface area contributed by atoms with Crippen molar-refractivity contribution in [2.24, 2.45) is 0 Å². The Balaban J connectivity index is 1.50. The second kappa shape index (κ2) is 8.44. The summed E-state index contributed by atoms with van der Waals surface area (Å²) < 4.78 is 0. The summed E-state index contributed by atoms with van der Waals surface area (Å²) in [6.45, 7) is 0. The number of carbonyl (C=O) groups is 1. The highest BCUT2D eigenvalue weighted by atomic mass is 35.5. The zero-order chi connectivity index (χ0) is 21.1. The van der Waals surface area contributed by atoms with Crippen LogP contribution >= 0.6 is 22.9 Å². The smallest absolute Gasteiger partial charge is 0.288 e. The van der Waals surface area contributed by atoms with Gasteiger partial charge in [0.1, 0.15) is 5.02 Å². The number of hydrogen-bond donors (Lipinski definition) is 1. The Bertz CT molecular complexity index is 1220. The molecule has 6 nitrogen and oxygen atoms in total. The number of hydrogen-bond acceptors (Lipinski definition) is 5. The lowest BCUT2D eigenvalue weighted by Crippen LogP contribution is -2.12. The number of nitro groups is 1. The minimum atomic E-state index is -0.625. The van der Waals surface area contributed by atoms with Gasteiger partial charge in [-0.05, 0) is 23.3 Å². The molecule has 4 aromatic rings. The Morgan fingerprint density at radius 1 is 0.967 bits per heavy atom. The van der Waals surface area contributed by atoms with E-state index in [1.165, 1.54) is 23.5 Å². The maximum atomic E-state index is 12.4. The molecule has 30 heavy (non-hydrogen) atoms. The van der Waals surface area contributed by atoms with Gasteiger partial charge in [0.2, 0.25) is 0 Å². The molecule has 1 amide bonds. The van der Waals surface area contributed by atoms with E-state index in [-0.39, 0.29) is 16.3 Å². The quantitative estimate of drug-likeness (QED) is 0.295. The molecule has 0 saturated carbocycles. The lowest BCUT2D eigenvalue weighted by atomic mass is 10.0. The van der Waals surface area contributed by atoms with Crippen molar-refractivity contribution in [1.29, 1.82) is 0 Å². The second-order valence-corrected chi connectivity index (χ2v) is 7.62. The van der Waals surface area contributed by atoms with Gasteiger partial charge in [0, 0.05) is 22.6 Å². The molecule has 3 aromatic carbocycles. The summed E-state index contributed by atoms with van der Waals surface area (Å²) in [5.74, 6) is -0.491. The monoisotopic (exact) mass is 435 g/mol. The number of carbonyl (C=O) groups excluding carboxylic acids is 1. The zero-order valence-corrected chi connectivity index (χ0v) is 17.0. The Morgan fingerprint density at radius 3 is 2.33 bits per heavy atom. The minimum Gasteiger partial charge on any atom is -0.298 e. The van der Waals surface area contributed by atoms with Crippen LogP contribution < -0.4 is 5.32 Å². The van der Waals surface area contributed by atoms with Crippen LogP contribution in [0.1, 0.15) is 10.4 Å². The Kier molecular flexibility index (Phi) is 5.56. The molecule has 1 heterocycles. The molecule has 0 atom stereocenters. The highest BCUT2D eigenvalue weighted by Crippen LogP contribution is 2.29. The van der Waals surface area contributed by atoms with E-state index in [4.69, 9.17) is 11.6 Å². The SMILES string of the molecule is O=C(Nc1nc(-c2ccc(-c3ccccc3)cc2)cs1)c1ccc(Cl)c([N+](=O)[O-])c1. The average molecular weight is 436 g/mol. The van der Waals surface area contributed by atoms with Crippen molar-refractivity contribution in [1.82, 2.24) is 4.98 Å². The third-order valence-electron chi connectivity index (χ3n) is 4.42. The van der Waals surface area contributed by atoms with Crippen molar-refractivity contribution in [3.8, 4) is 22.4 Å². The van der Waals surface area contributed by atoms with Crippen LogP contribution in [0.4, 0.5) is 10.8 Å². The van der Waals surface area contributed by atoms with E-state index < -0.39 is 10.8 Å². The van der Waals surface area contributed by atoms with E-state index in [1.807, 2.05) is 60.0 Å². The van der Waals surface area contributed by atoms with Gasteiger partial charge >= 0.3 is 0 Å². The number of thiazole rings is 1. The van der Waals surface area contributed by atoms with E-state index >= 15 is 0 Å². The lowest BCUT2D eigenvalue weighted by Gasteiger charge is -2.03. The molecule has 0 radical (unpaired) electrons. The van der Waals surface area contributed by atoms with Gasteiger partial charge in [-0.3, -0.25) is 20.2 Å². The van der Waals surface area contributed by atoms with Crippen molar-refractivity contribution in [2.45, 2.75) is 0 Å². The molecule has 1 N–H and O–H groups in total. The third kappa shape index (κ3) is 4.22. The molecule has 0 bridgehead atoms. The van der Waals surface area contributed by atoms with Crippen molar-refractivity contribution in [2.75, 3.05) is 5.32 Å². The van der Waals surface area contributed by atoms with Crippen LogP contribution in [-0.4, -0.2) is 15.8 Å². The van der Waals surface area contributed by atoms with Gasteiger partial charge in [-0.2, -0.15) is 0 Å². The predicted molar refractivity (Wildman–Crippen MR) is 119 cm³/mol. The second-order valence-electron chi connectivity index (χ2n) is 6.36. The topological polar surface area (TPSA) is 85.1 Å². The van der Waals surface area contributed by atoms with E-state index in [9.17, 15) is 14.9 Å². The average Bonchev–Trinajstić information content (AvgIpc) is 3.23. The van der Waals surface area contributed by atoms with E-state index in [1.54, 1.807) is 0 Å². The van der Waals surface area contributed by atoms with Crippen molar-refractivity contribution in [3.05, 3.63) is 98.9 Å². The number of anilines is 1. The third-order valence-corrected chi connectivity index (χ3v) is 5.49. The zero-order valence-electron chi connectivity index (χ0n) is 15.4. The summed E-state index contributed by atoms with van der Waals surface area (Å²) in [7, 11) is 0. The number of rotatable bonds is 5. The summed E-state index contributed by atoms with van der Waals surface area (Å²) in [5.41, 5.74) is 3.71. The van der Waals surface area contributed by atoms with Gasteiger partial charge in [0.05, 0.1) is 10.6 Å². The minimum absolute atomic E-state index is 0.0213. The molecule has 1 aromatic heterocycles. The summed E-state index contributed by atoms with van der Waals surface area (Å²) >= 11 is 7.07. The molecule has 0 spiro atoms. The first kappa shape index (κ1) is 19.8. The Morgan fingerprint density at radius 2 is 1.63 bits per heavy atom. The number of halogens is 1. The van der Waals surface area contributed by atoms with E-state index in [2.05, 4.69) is 10.3 Å². The van der Waals surface area contributed by atoms with Crippen molar-refractivity contribution in [3.63, 3.8) is 0 Å². The number of nitrogens with one attached hydrogen (secondary N) is 1. The predicted octanol–water partition coefficient (Wildman–Crippen LogP) is 6.29. The van der Waals surface area contributed by atoms with Crippen LogP contribution in [0.15, 0.2) is 78.2 Å². The van der Waals surface area contributed by atoms with Crippen molar-refractivity contribution >= 4 is 39.7 Å². The molecule has 0 saturated heterocycles. The van der Waals surface area contributed by atoms with Gasteiger partial charge in [0.25, 0.3) is 11.6 Å². The van der Waals surface area contributed by atoms with Crippen LogP contribution in [0.3, 0.4) is 0 Å². The molecule has 0 aliphatic carbocycles. The number of nitrogens with zero attached hydrogens (tertiary/aromatic N) is 2. The molecule has 0 unspecified atom stereocenters. The van der Waals surface area contributed by atoms with Gasteiger partial charge in [0.15, 0.2) is 5.13 Å². The number of amides is 1. The molecular weight excluding hydrogens is 422 g/mol. The van der Waals surface area contributed by atoms with Gasteiger partial charge < -0.3 is 0 Å². The molecule has 0 fully saturated rings. The molecular formula is C22H14ClN3O3S. The first-order valence-corrected chi connectivity index (χ1v) is 10.1. The summed E-state index contributed by atoms with van der Waals surface area (Å²) in [5, 5.41) is 15.9.